The zero-order chi connectivity index (χ0) is 23.6. The van der Waals surface area contributed by atoms with Gasteiger partial charge >= 0.3 is 5.97 Å². The number of alkyl halides is 1. The Morgan fingerprint density at radius 1 is 1.39 bits per heavy atom. The molecule has 6 nitrogen and oxygen atoms in total. The molecule has 1 amide bonds. The van der Waals surface area contributed by atoms with Crippen LogP contribution in [0, 0.1) is 5.92 Å². The molecule has 2 rings (SSSR count). The van der Waals surface area contributed by atoms with Gasteiger partial charge in [-0.25, -0.2) is 4.79 Å². The number of hydrogen-bond acceptors (Lipinski definition) is 6. The SMILES string of the molecule is C=CCOC(=O)C(Cl)N1C(=O)[C@H]([C@@H](C)O[Si](C)(C)C(C)(C)C)[C@H]1CC(=O)[C@@H]1CCCS1. The number of amides is 1. The Bertz CT molecular complexity index is 705. The van der Waals surface area contributed by atoms with E-state index < -0.39 is 31.7 Å². The minimum absolute atomic E-state index is 0.0109. The second-order valence-corrected chi connectivity index (χ2v) is 16.3. The van der Waals surface area contributed by atoms with Gasteiger partial charge in [0.05, 0.1) is 23.3 Å². The predicted molar refractivity (Wildman–Crippen MR) is 128 cm³/mol. The van der Waals surface area contributed by atoms with E-state index in [1.54, 1.807) is 11.8 Å². The zero-order valence-corrected chi connectivity index (χ0v) is 22.1. The first-order chi connectivity index (χ1) is 14.3. The monoisotopic (exact) mass is 489 g/mol. The summed E-state index contributed by atoms with van der Waals surface area (Å²) >= 11 is 7.99. The standard InChI is InChI=1S/C22H36ClNO5SSi/c1-8-11-28-21(27)19(23)24-15(13-16(25)17-10-9-12-30-17)18(20(24)26)14(2)29-31(6,7)22(3,4)5/h8,14-15,17-19H,1,9-13H2,2-7H3/t14-,15-,17+,18-,19?/m1/s1. The van der Waals surface area contributed by atoms with Crippen LogP contribution in [-0.4, -0.2) is 66.1 Å². The van der Waals surface area contributed by atoms with Crippen molar-refractivity contribution < 1.29 is 23.5 Å². The second kappa shape index (κ2) is 10.4. The van der Waals surface area contributed by atoms with E-state index >= 15 is 0 Å². The molecular formula is C22H36ClNO5SSi. The van der Waals surface area contributed by atoms with E-state index in [0.717, 1.165) is 18.6 Å². The molecule has 0 aliphatic carbocycles. The number of rotatable bonds is 10. The van der Waals surface area contributed by atoms with Gasteiger partial charge in [-0.3, -0.25) is 9.59 Å². The molecule has 0 spiro atoms. The van der Waals surface area contributed by atoms with E-state index in [4.69, 9.17) is 20.8 Å². The van der Waals surface area contributed by atoms with Crippen LogP contribution in [0.5, 0.6) is 0 Å². The van der Waals surface area contributed by atoms with Gasteiger partial charge in [0.25, 0.3) is 0 Å². The quantitative estimate of drug-likeness (QED) is 0.113. The highest BCUT2D eigenvalue weighted by Gasteiger charge is 2.56. The third kappa shape index (κ3) is 5.95. The minimum atomic E-state index is -2.12. The van der Waals surface area contributed by atoms with E-state index in [1.165, 1.54) is 11.0 Å². The Morgan fingerprint density at radius 2 is 2.03 bits per heavy atom. The maximum Gasteiger partial charge on any atom is 0.344 e. The molecule has 9 heteroatoms. The van der Waals surface area contributed by atoms with Gasteiger partial charge in [0.2, 0.25) is 11.4 Å². The topological polar surface area (TPSA) is 72.9 Å². The van der Waals surface area contributed by atoms with Crippen LogP contribution in [0.4, 0.5) is 0 Å². The number of likely N-dealkylation sites (tertiary alicyclic amines) is 1. The normalized spacial score (nSPS) is 26.2. The average Bonchev–Trinajstić information content (AvgIpc) is 3.19. The van der Waals surface area contributed by atoms with Gasteiger partial charge in [0, 0.05) is 6.42 Å². The number of nitrogens with zero attached hydrogens (tertiary/aromatic N) is 1. The van der Waals surface area contributed by atoms with Crippen LogP contribution in [0.3, 0.4) is 0 Å². The molecule has 0 N–H and O–H groups in total. The molecule has 2 saturated heterocycles. The number of Topliss-reactive ketones (excluding diaryl/α,β-unsaturated/α-hetero) is 1. The summed E-state index contributed by atoms with van der Waals surface area (Å²) in [6.07, 6.45) is 3.13. The highest BCUT2D eigenvalue weighted by molar-refractivity contribution is 8.00. The maximum absolute atomic E-state index is 13.1. The van der Waals surface area contributed by atoms with Crippen molar-refractivity contribution in [2.24, 2.45) is 5.92 Å². The molecule has 2 aliphatic heterocycles. The molecule has 0 aromatic heterocycles. The van der Waals surface area contributed by atoms with Crippen LogP contribution in [0.1, 0.15) is 47.0 Å². The number of carbonyl (C=O) groups excluding carboxylic acids is 3. The lowest BCUT2D eigenvalue weighted by molar-refractivity contribution is -0.173. The Kier molecular flexibility index (Phi) is 8.86. The van der Waals surface area contributed by atoms with Gasteiger partial charge in [-0.2, -0.15) is 11.8 Å². The summed E-state index contributed by atoms with van der Waals surface area (Å²) in [7, 11) is -2.12. The first-order valence-electron chi connectivity index (χ1n) is 10.9. The van der Waals surface area contributed by atoms with E-state index in [9.17, 15) is 14.4 Å². The lowest BCUT2D eigenvalue weighted by Crippen LogP contribution is -2.69. The Balaban J connectivity index is 2.20. The van der Waals surface area contributed by atoms with Crippen molar-refractivity contribution in [3.8, 4) is 0 Å². The van der Waals surface area contributed by atoms with Gasteiger partial charge in [-0.05, 0) is 43.7 Å². The molecule has 0 saturated carbocycles. The lowest BCUT2D eigenvalue weighted by atomic mass is 9.80. The summed E-state index contributed by atoms with van der Waals surface area (Å²) in [5, 5.41) is -0.0559. The summed E-state index contributed by atoms with van der Waals surface area (Å²) < 4.78 is 11.5. The molecule has 0 aromatic carbocycles. The van der Waals surface area contributed by atoms with E-state index in [2.05, 4.69) is 40.4 Å². The first kappa shape index (κ1) is 26.4. The molecular weight excluding hydrogens is 454 g/mol. The number of halogens is 1. The molecule has 1 unspecified atom stereocenters. The van der Waals surface area contributed by atoms with Crippen molar-refractivity contribution in [3.05, 3.63) is 12.7 Å². The molecule has 2 fully saturated rings. The molecule has 0 aromatic rings. The highest BCUT2D eigenvalue weighted by atomic mass is 35.5. The number of β-lactam (4-membered cyclic amide) rings is 1. The van der Waals surface area contributed by atoms with Gasteiger partial charge in [0.15, 0.2) is 8.32 Å². The molecule has 2 aliphatic rings. The van der Waals surface area contributed by atoms with Crippen LogP contribution in [0.15, 0.2) is 12.7 Å². The summed E-state index contributed by atoms with van der Waals surface area (Å²) in [6.45, 7) is 16.1. The van der Waals surface area contributed by atoms with Crippen LogP contribution < -0.4 is 0 Å². The van der Waals surface area contributed by atoms with Crippen molar-refractivity contribution >= 4 is 49.3 Å². The number of hydrogen-bond donors (Lipinski definition) is 0. The van der Waals surface area contributed by atoms with Crippen LogP contribution in [-0.2, 0) is 23.5 Å². The van der Waals surface area contributed by atoms with Gasteiger partial charge < -0.3 is 14.1 Å². The van der Waals surface area contributed by atoms with Gasteiger partial charge in [-0.1, -0.05) is 45.0 Å². The Hall–Kier alpha value is -0.833. The molecule has 5 atom stereocenters. The zero-order valence-electron chi connectivity index (χ0n) is 19.5. The number of esters is 1. The van der Waals surface area contributed by atoms with E-state index in [1.807, 2.05) is 6.92 Å². The lowest BCUT2D eigenvalue weighted by Gasteiger charge is -2.52. The number of carbonyl (C=O) groups is 3. The number of ether oxygens (including phenoxy) is 1. The minimum Gasteiger partial charge on any atom is -0.459 e. The van der Waals surface area contributed by atoms with Gasteiger partial charge in [-0.15, -0.1) is 0 Å². The van der Waals surface area contributed by atoms with Crippen molar-refractivity contribution in [3.63, 3.8) is 0 Å². The number of thioether (sulfide) groups is 1. The fourth-order valence-electron chi connectivity index (χ4n) is 3.82. The average molecular weight is 490 g/mol. The van der Waals surface area contributed by atoms with E-state index in [0.29, 0.717) is 0 Å². The first-order valence-corrected chi connectivity index (χ1v) is 15.3. The fourth-order valence-corrected chi connectivity index (χ4v) is 6.78. The summed E-state index contributed by atoms with van der Waals surface area (Å²) in [5.74, 6) is -0.391. The summed E-state index contributed by atoms with van der Waals surface area (Å²) in [6, 6.07) is -0.472. The largest absolute Gasteiger partial charge is 0.459 e. The predicted octanol–water partition coefficient (Wildman–Crippen LogP) is 4.37. The molecule has 31 heavy (non-hydrogen) atoms. The number of ketones is 1. The van der Waals surface area contributed by atoms with Crippen LogP contribution in [0.2, 0.25) is 18.1 Å². The van der Waals surface area contributed by atoms with Crippen molar-refractivity contribution in [2.75, 3.05) is 12.4 Å². The summed E-state index contributed by atoms with van der Waals surface area (Å²) in [5.41, 5.74) is -1.27. The molecule has 2 heterocycles. The van der Waals surface area contributed by atoms with Crippen molar-refractivity contribution in [1.29, 1.82) is 0 Å². The Labute approximate surface area is 196 Å². The molecule has 0 radical (unpaired) electrons. The van der Waals surface area contributed by atoms with Gasteiger partial charge in [0.1, 0.15) is 12.4 Å². The third-order valence-corrected chi connectivity index (χ3v) is 13.0. The van der Waals surface area contributed by atoms with Crippen molar-refractivity contribution in [1.82, 2.24) is 4.90 Å². The molecule has 0 bridgehead atoms. The molecule has 176 valence electrons. The van der Waals surface area contributed by atoms with E-state index in [-0.39, 0.29) is 41.1 Å². The van der Waals surface area contributed by atoms with Crippen molar-refractivity contribution in [2.45, 2.75) is 88.0 Å². The highest BCUT2D eigenvalue weighted by Crippen LogP contribution is 2.42. The third-order valence-electron chi connectivity index (χ3n) is 6.59. The second-order valence-electron chi connectivity index (χ2n) is 9.85. The summed E-state index contributed by atoms with van der Waals surface area (Å²) in [4.78, 5) is 39.6. The maximum atomic E-state index is 13.1. The van der Waals surface area contributed by atoms with Crippen LogP contribution >= 0.6 is 23.4 Å². The Morgan fingerprint density at radius 3 is 2.55 bits per heavy atom. The smallest absolute Gasteiger partial charge is 0.344 e. The fraction of sp³-hybridized carbons (Fsp3) is 0.773. The van der Waals surface area contributed by atoms with Crippen LogP contribution in [0.25, 0.3) is 0 Å².